The van der Waals surface area contributed by atoms with Gasteiger partial charge in [0.1, 0.15) is 5.82 Å². The molecule has 5 nitrogen and oxygen atoms in total. The highest BCUT2D eigenvalue weighted by Gasteiger charge is 2.05. The first-order valence-electron chi connectivity index (χ1n) is 5.43. The summed E-state index contributed by atoms with van der Waals surface area (Å²) in [7, 11) is 1.75. The lowest BCUT2D eigenvalue weighted by molar-refractivity contribution is 0.251. The number of aryl methyl sites for hydroxylation is 1. The molecular weight excluding hydrogens is 235 g/mol. The van der Waals surface area contributed by atoms with Gasteiger partial charge in [0.25, 0.3) is 0 Å². The van der Waals surface area contributed by atoms with Crippen LogP contribution in [0.5, 0.6) is 0 Å². The normalized spacial score (nSPS) is 10.1. The average molecular weight is 248 g/mol. The number of rotatable bonds is 3. The molecule has 6 heteroatoms. The highest BCUT2D eigenvalue weighted by atomic mass is 19.1. The molecule has 0 bridgehead atoms. The Balaban J connectivity index is 1.87. The second kappa shape index (κ2) is 5.31. The molecule has 1 aromatic heterocycles. The largest absolute Gasteiger partial charge is 0.334 e. The smallest absolute Gasteiger partial charge is 0.320 e. The minimum atomic E-state index is -0.419. The van der Waals surface area contributed by atoms with E-state index in [-0.39, 0.29) is 12.4 Å². The SMILES string of the molecule is Cn1ccc(NC(=O)NCc2ccccc2F)n1. The summed E-state index contributed by atoms with van der Waals surface area (Å²) in [5, 5.41) is 9.10. The van der Waals surface area contributed by atoms with Crippen molar-refractivity contribution < 1.29 is 9.18 Å². The summed E-state index contributed by atoms with van der Waals surface area (Å²) < 4.78 is 14.9. The number of anilines is 1. The fraction of sp³-hybridized carbons (Fsp3) is 0.167. The Kier molecular flexibility index (Phi) is 3.57. The Morgan fingerprint density at radius 1 is 1.39 bits per heavy atom. The van der Waals surface area contributed by atoms with Crippen LogP contribution in [0.3, 0.4) is 0 Å². The zero-order chi connectivity index (χ0) is 13.0. The number of nitrogens with one attached hydrogen (secondary N) is 2. The molecule has 0 fully saturated rings. The van der Waals surface area contributed by atoms with Gasteiger partial charge in [0, 0.05) is 31.4 Å². The van der Waals surface area contributed by atoms with Crippen LogP contribution < -0.4 is 10.6 Å². The summed E-state index contributed by atoms with van der Waals surface area (Å²) in [5.74, 6) is 0.110. The molecule has 0 saturated carbocycles. The van der Waals surface area contributed by atoms with E-state index in [4.69, 9.17) is 0 Å². The van der Waals surface area contributed by atoms with Gasteiger partial charge >= 0.3 is 6.03 Å². The molecule has 2 N–H and O–H groups in total. The molecule has 2 rings (SSSR count). The Hall–Kier alpha value is -2.37. The van der Waals surface area contributed by atoms with Crippen molar-refractivity contribution >= 4 is 11.8 Å². The summed E-state index contributed by atoms with van der Waals surface area (Å²) in [4.78, 5) is 11.5. The van der Waals surface area contributed by atoms with Crippen LogP contribution >= 0.6 is 0 Å². The second-order valence-corrected chi connectivity index (χ2v) is 3.77. The van der Waals surface area contributed by atoms with Gasteiger partial charge in [-0.3, -0.25) is 10.00 Å². The predicted octanol–water partition coefficient (Wildman–Crippen LogP) is 1.88. The van der Waals surface area contributed by atoms with Gasteiger partial charge < -0.3 is 5.32 Å². The fourth-order valence-corrected chi connectivity index (χ4v) is 1.46. The number of carbonyl (C=O) groups excluding carboxylic acids is 1. The third-order valence-corrected chi connectivity index (χ3v) is 2.35. The fourth-order valence-electron chi connectivity index (χ4n) is 1.46. The molecule has 1 heterocycles. The Morgan fingerprint density at radius 3 is 2.83 bits per heavy atom. The lowest BCUT2D eigenvalue weighted by atomic mass is 10.2. The van der Waals surface area contributed by atoms with Gasteiger partial charge in [-0.25, -0.2) is 9.18 Å². The number of amides is 2. The molecule has 0 aliphatic heterocycles. The average Bonchev–Trinajstić information content (AvgIpc) is 2.74. The molecule has 0 spiro atoms. The van der Waals surface area contributed by atoms with E-state index < -0.39 is 6.03 Å². The van der Waals surface area contributed by atoms with Crippen molar-refractivity contribution in [3.05, 3.63) is 47.9 Å². The monoisotopic (exact) mass is 248 g/mol. The van der Waals surface area contributed by atoms with E-state index in [0.29, 0.717) is 11.4 Å². The quantitative estimate of drug-likeness (QED) is 0.871. The maximum atomic E-state index is 13.3. The van der Waals surface area contributed by atoms with E-state index in [1.54, 1.807) is 42.2 Å². The van der Waals surface area contributed by atoms with Crippen molar-refractivity contribution in [2.75, 3.05) is 5.32 Å². The van der Waals surface area contributed by atoms with E-state index in [1.165, 1.54) is 6.07 Å². The zero-order valence-corrected chi connectivity index (χ0v) is 9.85. The van der Waals surface area contributed by atoms with E-state index in [9.17, 15) is 9.18 Å². The van der Waals surface area contributed by atoms with Crippen LogP contribution in [0.1, 0.15) is 5.56 Å². The lowest BCUT2D eigenvalue weighted by Gasteiger charge is -2.06. The number of aromatic nitrogens is 2. The molecule has 0 radical (unpaired) electrons. The summed E-state index contributed by atoms with van der Waals surface area (Å²) in [6, 6.07) is 7.55. The second-order valence-electron chi connectivity index (χ2n) is 3.77. The van der Waals surface area contributed by atoms with E-state index >= 15 is 0 Å². The topological polar surface area (TPSA) is 59.0 Å². The van der Waals surface area contributed by atoms with Crippen LogP contribution in [0.2, 0.25) is 0 Å². The van der Waals surface area contributed by atoms with Crippen LogP contribution in [0.4, 0.5) is 15.0 Å². The molecule has 0 aliphatic carbocycles. The van der Waals surface area contributed by atoms with Gasteiger partial charge in [-0.1, -0.05) is 18.2 Å². The molecule has 2 aromatic rings. The van der Waals surface area contributed by atoms with E-state index in [0.717, 1.165) is 0 Å². The zero-order valence-electron chi connectivity index (χ0n) is 9.85. The van der Waals surface area contributed by atoms with Gasteiger partial charge in [0.05, 0.1) is 0 Å². The highest BCUT2D eigenvalue weighted by Crippen LogP contribution is 2.06. The number of halogens is 1. The highest BCUT2D eigenvalue weighted by molar-refractivity contribution is 5.88. The standard InChI is InChI=1S/C12H13FN4O/c1-17-7-6-11(16-17)15-12(18)14-8-9-4-2-3-5-10(9)13/h2-7H,8H2,1H3,(H2,14,15,16,18). The van der Waals surface area contributed by atoms with Crippen LogP contribution in [0.15, 0.2) is 36.5 Å². The molecular formula is C12H13FN4O. The van der Waals surface area contributed by atoms with Gasteiger partial charge in [-0.15, -0.1) is 0 Å². The first kappa shape index (κ1) is 12.1. The number of nitrogens with zero attached hydrogens (tertiary/aromatic N) is 2. The minimum Gasteiger partial charge on any atom is -0.334 e. The lowest BCUT2D eigenvalue weighted by Crippen LogP contribution is -2.28. The van der Waals surface area contributed by atoms with Gasteiger partial charge in [-0.05, 0) is 6.07 Å². The first-order chi connectivity index (χ1) is 8.65. The van der Waals surface area contributed by atoms with Crippen molar-refractivity contribution in [1.82, 2.24) is 15.1 Å². The Bertz CT molecular complexity index is 553. The van der Waals surface area contributed by atoms with Crippen molar-refractivity contribution in [1.29, 1.82) is 0 Å². The predicted molar refractivity (Wildman–Crippen MR) is 65.5 cm³/mol. The number of hydrogen-bond acceptors (Lipinski definition) is 2. The molecule has 94 valence electrons. The summed E-state index contributed by atoms with van der Waals surface area (Å²) >= 11 is 0. The summed E-state index contributed by atoms with van der Waals surface area (Å²) in [5.41, 5.74) is 0.439. The third-order valence-electron chi connectivity index (χ3n) is 2.35. The maximum Gasteiger partial charge on any atom is 0.320 e. The van der Waals surface area contributed by atoms with Crippen LogP contribution in [-0.2, 0) is 13.6 Å². The number of carbonyl (C=O) groups is 1. The number of benzene rings is 1. The number of urea groups is 1. The van der Waals surface area contributed by atoms with Crippen molar-refractivity contribution in [2.45, 2.75) is 6.54 Å². The van der Waals surface area contributed by atoms with Crippen molar-refractivity contribution in [3.8, 4) is 0 Å². The Labute approximate surface area is 104 Å². The van der Waals surface area contributed by atoms with Gasteiger partial charge in [-0.2, -0.15) is 5.10 Å². The van der Waals surface area contributed by atoms with Crippen molar-refractivity contribution in [3.63, 3.8) is 0 Å². The molecule has 0 unspecified atom stereocenters. The minimum absolute atomic E-state index is 0.130. The summed E-state index contributed by atoms with van der Waals surface area (Å²) in [6.45, 7) is 0.130. The molecule has 0 atom stereocenters. The molecule has 2 amide bonds. The van der Waals surface area contributed by atoms with E-state index in [1.807, 2.05) is 0 Å². The van der Waals surface area contributed by atoms with Gasteiger partial charge in [0.2, 0.25) is 0 Å². The molecule has 1 aromatic carbocycles. The van der Waals surface area contributed by atoms with Crippen LogP contribution in [-0.4, -0.2) is 15.8 Å². The summed E-state index contributed by atoms with van der Waals surface area (Å²) in [6.07, 6.45) is 1.71. The Morgan fingerprint density at radius 2 is 2.17 bits per heavy atom. The number of hydrogen-bond donors (Lipinski definition) is 2. The van der Waals surface area contributed by atoms with E-state index in [2.05, 4.69) is 15.7 Å². The maximum absolute atomic E-state index is 13.3. The molecule has 0 aliphatic rings. The van der Waals surface area contributed by atoms with Crippen LogP contribution in [0.25, 0.3) is 0 Å². The van der Waals surface area contributed by atoms with Crippen molar-refractivity contribution in [2.24, 2.45) is 7.05 Å². The molecule has 0 saturated heterocycles. The first-order valence-corrected chi connectivity index (χ1v) is 5.43. The third kappa shape index (κ3) is 3.07. The molecule has 18 heavy (non-hydrogen) atoms. The van der Waals surface area contributed by atoms with Gasteiger partial charge in [0.15, 0.2) is 5.82 Å². The van der Waals surface area contributed by atoms with Crippen LogP contribution in [0, 0.1) is 5.82 Å².